The third-order valence-electron chi connectivity index (χ3n) is 4.40. The van der Waals surface area contributed by atoms with Gasteiger partial charge in [0.1, 0.15) is 5.82 Å². The van der Waals surface area contributed by atoms with E-state index in [9.17, 15) is 27.2 Å². The minimum Gasteiger partial charge on any atom is -0.471 e. The zero-order valence-corrected chi connectivity index (χ0v) is 15.9. The van der Waals surface area contributed by atoms with Gasteiger partial charge < -0.3 is 15.0 Å². The Morgan fingerprint density at radius 1 is 1.30 bits per heavy atom. The van der Waals surface area contributed by atoms with Gasteiger partial charge in [-0.3, -0.25) is 9.59 Å². The van der Waals surface area contributed by atoms with Gasteiger partial charge in [-0.2, -0.15) is 8.78 Å². The Balaban J connectivity index is 1.65. The maximum Gasteiger partial charge on any atom is 0.340 e. The predicted molar refractivity (Wildman–Crippen MR) is 97.4 cm³/mol. The Labute approximate surface area is 169 Å². The van der Waals surface area contributed by atoms with Crippen molar-refractivity contribution in [1.82, 2.24) is 14.9 Å². The van der Waals surface area contributed by atoms with Crippen LogP contribution in [0.4, 0.5) is 23.4 Å². The van der Waals surface area contributed by atoms with Gasteiger partial charge in [0.05, 0.1) is 6.54 Å². The first-order valence-corrected chi connectivity index (χ1v) is 9.02. The molecule has 11 heteroatoms. The first-order chi connectivity index (χ1) is 14.2. The van der Waals surface area contributed by atoms with Crippen LogP contribution < -0.4 is 10.1 Å². The smallest absolute Gasteiger partial charge is 0.340 e. The van der Waals surface area contributed by atoms with Gasteiger partial charge in [-0.1, -0.05) is 13.0 Å². The maximum atomic E-state index is 12.9. The Morgan fingerprint density at radius 2 is 2.07 bits per heavy atom. The maximum absolute atomic E-state index is 12.9. The zero-order valence-electron chi connectivity index (χ0n) is 15.9. The van der Waals surface area contributed by atoms with Crippen LogP contribution in [0.15, 0.2) is 30.6 Å². The van der Waals surface area contributed by atoms with Crippen molar-refractivity contribution >= 4 is 17.6 Å². The lowest BCUT2D eigenvalue weighted by Gasteiger charge is -2.17. The normalized spacial score (nSPS) is 13.5. The molecule has 2 aromatic heterocycles. The van der Waals surface area contributed by atoms with Crippen LogP contribution in [0, 0.1) is 0 Å². The molecule has 1 aliphatic heterocycles. The Kier molecular flexibility index (Phi) is 6.18. The van der Waals surface area contributed by atoms with Crippen LogP contribution in [0.5, 0.6) is 5.88 Å². The number of amides is 2. The van der Waals surface area contributed by atoms with Crippen molar-refractivity contribution in [3.63, 3.8) is 0 Å². The van der Waals surface area contributed by atoms with E-state index in [0.717, 1.165) is 0 Å². The Morgan fingerprint density at radius 3 is 2.70 bits per heavy atom. The summed E-state index contributed by atoms with van der Waals surface area (Å²) in [7, 11) is 0. The summed E-state index contributed by atoms with van der Waals surface area (Å²) in [5, 5.41) is 2.67. The highest BCUT2D eigenvalue weighted by atomic mass is 19.3. The summed E-state index contributed by atoms with van der Waals surface area (Å²) in [5.41, 5.74) is 1.61. The molecule has 3 rings (SSSR count). The molecule has 0 fully saturated rings. The minimum atomic E-state index is -4.27. The SMILES string of the molecule is CCC(=O)Nc1nccc2c1CN(Cc1ccc(OCC(F)(F)C(F)F)nc1)C2=O. The molecule has 2 aromatic rings. The number of carbonyl (C=O) groups is 2. The number of hydrogen-bond acceptors (Lipinski definition) is 5. The van der Waals surface area contributed by atoms with Gasteiger partial charge in [0.2, 0.25) is 11.8 Å². The van der Waals surface area contributed by atoms with Crippen molar-refractivity contribution < 1.29 is 31.9 Å². The number of pyridine rings is 2. The summed E-state index contributed by atoms with van der Waals surface area (Å²) in [6.07, 6.45) is -0.814. The number of halogens is 4. The minimum absolute atomic E-state index is 0.162. The lowest BCUT2D eigenvalue weighted by atomic mass is 10.1. The van der Waals surface area contributed by atoms with E-state index in [1.165, 1.54) is 29.4 Å². The van der Waals surface area contributed by atoms with E-state index in [4.69, 9.17) is 0 Å². The van der Waals surface area contributed by atoms with E-state index < -0.39 is 19.0 Å². The van der Waals surface area contributed by atoms with Crippen LogP contribution in [0.1, 0.15) is 34.8 Å². The number of rotatable bonds is 8. The number of hydrogen-bond donors (Lipinski definition) is 1. The molecule has 3 heterocycles. The van der Waals surface area contributed by atoms with Gasteiger partial charge in [-0.15, -0.1) is 0 Å². The van der Waals surface area contributed by atoms with Crippen molar-refractivity contribution in [2.75, 3.05) is 11.9 Å². The summed E-state index contributed by atoms with van der Waals surface area (Å²) >= 11 is 0. The molecule has 7 nitrogen and oxygen atoms in total. The molecule has 160 valence electrons. The van der Waals surface area contributed by atoms with Crippen LogP contribution in [-0.2, 0) is 17.9 Å². The van der Waals surface area contributed by atoms with Gasteiger partial charge in [0.25, 0.3) is 5.91 Å². The van der Waals surface area contributed by atoms with Gasteiger partial charge >= 0.3 is 12.3 Å². The molecule has 30 heavy (non-hydrogen) atoms. The number of alkyl halides is 4. The van der Waals surface area contributed by atoms with Gasteiger partial charge in [0, 0.05) is 42.6 Å². The molecular formula is C19H18F4N4O3. The predicted octanol–water partition coefficient (Wildman–Crippen LogP) is 3.26. The average molecular weight is 426 g/mol. The van der Waals surface area contributed by atoms with E-state index in [2.05, 4.69) is 20.0 Å². The third-order valence-corrected chi connectivity index (χ3v) is 4.40. The van der Waals surface area contributed by atoms with Crippen LogP contribution in [-0.4, -0.2) is 45.6 Å². The fraction of sp³-hybridized carbons (Fsp3) is 0.368. The number of aromatic nitrogens is 2. The van der Waals surface area contributed by atoms with Gasteiger partial charge in [-0.05, 0) is 11.6 Å². The fourth-order valence-corrected chi connectivity index (χ4v) is 2.79. The average Bonchev–Trinajstić information content (AvgIpc) is 3.04. The molecular weight excluding hydrogens is 408 g/mol. The molecule has 0 spiro atoms. The number of ether oxygens (including phenoxy) is 1. The summed E-state index contributed by atoms with van der Waals surface area (Å²) in [5.74, 6) is -4.65. The molecule has 1 aliphatic rings. The summed E-state index contributed by atoms with van der Waals surface area (Å²) < 4.78 is 54.8. The van der Waals surface area contributed by atoms with Crippen LogP contribution >= 0.6 is 0 Å². The number of nitrogens with zero attached hydrogens (tertiary/aromatic N) is 3. The van der Waals surface area contributed by atoms with Crippen molar-refractivity contribution in [2.45, 2.75) is 38.8 Å². The molecule has 1 N–H and O–H groups in total. The monoisotopic (exact) mass is 426 g/mol. The van der Waals surface area contributed by atoms with E-state index in [1.807, 2.05) is 0 Å². The van der Waals surface area contributed by atoms with Gasteiger partial charge in [0.15, 0.2) is 6.61 Å². The second-order valence-electron chi connectivity index (χ2n) is 6.60. The topological polar surface area (TPSA) is 84.4 Å². The van der Waals surface area contributed by atoms with E-state index in [0.29, 0.717) is 22.5 Å². The zero-order chi connectivity index (χ0) is 21.9. The molecule has 0 saturated carbocycles. The van der Waals surface area contributed by atoms with E-state index >= 15 is 0 Å². The second kappa shape index (κ2) is 8.64. The summed E-state index contributed by atoms with van der Waals surface area (Å²) in [4.78, 5) is 33.8. The second-order valence-corrected chi connectivity index (χ2v) is 6.60. The highest BCUT2D eigenvalue weighted by Gasteiger charge is 2.41. The van der Waals surface area contributed by atoms with Crippen LogP contribution in [0.2, 0.25) is 0 Å². The fourth-order valence-electron chi connectivity index (χ4n) is 2.79. The summed E-state index contributed by atoms with van der Waals surface area (Å²) in [6, 6.07) is 4.33. The molecule has 0 unspecified atom stereocenters. The van der Waals surface area contributed by atoms with Crippen molar-refractivity contribution in [1.29, 1.82) is 0 Å². The standard InChI is InChI=1S/C19H18F4N4O3/c1-2-14(28)26-16-13-9-27(17(29)12(13)5-6-24-16)8-11-3-4-15(25-7-11)30-10-19(22,23)18(20)21/h3-7,18H,2,8-10H2,1H3,(H,24,26,28). The quantitative estimate of drug-likeness (QED) is 0.655. The molecule has 0 saturated heterocycles. The molecule has 0 bridgehead atoms. The first kappa shape index (κ1) is 21.5. The molecule has 0 radical (unpaired) electrons. The molecule has 0 atom stereocenters. The number of fused-ring (bicyclic) bond motifs is 1. The number of nitrogens with one attached hydrogen (secondary N) is 1. The van der Waals surface area contributed by atoms with Crippen molar-refractivity contribution in [3.8, 4) is 5.88 Å². The van der Waals surface area contributed by atoms with E-state index in [1.54, 1.807) is 13.0 Å². The lowest BCUT2D eigenvalue weighted by molar-refractivity contribution is -0.148. The Bertz CT molecular complexity index is 938. The van der Waals surface area contributed by atoms with E-state index in [-0.39, 0.29) is 37.2 Å². The highest BCUT2D eigenvalue weighted by Crippen LogP contribution is 2.29. The highest BCUT2D eigenvalue weighted by molar-refractivity contribution is 6.01. The summed E-state index contributed by atoms with van der Waals surface area (Å²) in [6.45, 7) is 0.594. The van der Waals surface area contributed by atoms with Crippen LogP contribution in [0.3, 0.4) is 0 Å². The molecule has 0 aromatic carbocycles. The number of anilines is 1. The Hall–Kier alpha value is -3.24. The largest absolute Gasteiger partial charge is 0.471 e. The first-order valence-electron chi connectivity index (χ1n) is 9.02. The molecule has 0 aliphatic carbocycles. The van der Waals surface area contributed by atoms with Crippen LogP contribution in [0.25, 0.3) is 0 Å². The van der Waals surface area contributed by atoms with Crippen molar-refractivity contribution in [2.24, 2.45) is 0 Å². The van der Waals surface area contributed by atoms with Crippen molar-refractivity contribution in [3.05, 3.63) is 47.3 Å². The third kappa shape index (κ3) is 4.66. The molecule has 2 amide bonds. The number of carbonyl (C=O) groups excluding carboxylic acids is 2. The lowest BCUT2D eigenvalue weighted by Crippen LogP contribution is -2.33. The van der Waals surface area contributed by atoms with Gasteiger partial charge in [-0.25, -0.2) is 18.7 Å².